The van der Waals surface area contributed by atoms with Crippen LogP contribution in [0.1, 0.15) is 0 Å². The van der Waals surface area contributed by atoms with Gasteiger partial charge in [0.15, 0.2) is 5.92 Å². The molecule has 1 aliphatic heterocycles. The average Bonchev–Trinajstić information content (AvgIpc) is 2.48. The number of nitrogens with zero attached hydrogens (tertiary/aromatic N) is 3. The summed E-state index contributed by atoms with van der Waals surface area (Å²) in [7, 11) is 1.90. The van der Waals surface area contributed by atoms with Gasteiger partial charge in [-0.3, -0.25) is 4.90 Å². The molecule has 1 N–H and O–H groups in total. The molecule has 22 heavy (non-hydrogen) atoms. The molecule has 0 aromatic rings. The van der Waals surface area contributed by atoms with Crippen molar-refractivity contribution in [3.8, 4) is 0 Å². The Morgan fingerprint density at radius 3 is 2.86 bits per heavy atom. The molecule has 0 unspecified atom stereocenters. The molecule has 10 heteroatoms. The summed E-state index contributed by atoms with van der Waals surface area (Å²) >= 11 is 5.42. The first-order valence-electron chi connectivity index (χ1n) is 6.41. The second-order valence-corrected chi connectivity index (χ2v) is 4.76. The Hall–Kier alpha value is -1.07. The van der Waals surface area contributed by atoms with E-state index in [1.807, 2.05) is 18.0 Å². The first-order valence-corrected chi connectivity index (χ1v) is 6.94. The molecule has 0 aromatic carbocycles. The van der Waals surface area contributed by atoms with Gasteiger partial charge in [-0.15, -0.1) is 16.5 Å². The third-order valence-corrected chi connectivity index (χ3v) is 2.85. The maximum atomic E-state index is 11.7. The van der Waals surface area contributed by atoms with Crippen LogP contribution in [-0.4, -0.2) is 67.6 Å². The molecule has 0 bridgehead atoms. The fraction of sp³-hybridized carbons (Fsp3) is 0.583. The Balaban J connectivity index is 0.00000441. The molecule has 1 heterocycles. The third-order valence-electron chi connectivity index (χ3n) is 2.68. The van der Waals surface area contributed by atoms with Gasteiger partial charge >= 0.3 is 12.0 Å². The summed E-state index contributed by atoms with van der Waals surface area (Å²) in [5, 5.41) is 5.61. The average molecular weight is 445 g/mol. The van der Waals surface area contributed by atoms with Crippen LogP contribution < -0.4 is 29.3 Å². The Morgan fingerprint density at radius 1 is 1.55 bits per heavy atom. The van der Waals surface area contributed by atoms with Crippen molar-refractivity contribution in [2.75, 3.05) is 45.7 Å². The van der Waals surface area contributed by atoms with Crippen molar-refractivity contribution in [3.63, 3.8) is 0 Å². The van der Waals surface area contributed by atoms with Gasteiger partial charge in [0, 0.05) is 5.88 Å². The maximum Gasteiger partial charge on any atom is 0.420 e. The van der Waals surface area contributed by atoms with E-state index in [0.717, 1.165) is 6.54 Å². The van der Waals surface area contributed by atoms with Crippen molar-refractivity contribution in [2.45, 2.75) is 0 Å². The summed E-state index contributed by atoms with van der Waals surface area (Å²) in [5.41, 5.74) is 0. The van der Waals surface area contributed by atoms with E-state index in [1.54, 1.807) is 6.08 Å². The van der Waals surface area contributed by atoms with Gasteiger partial charge in [-0.25, -0.2) is 9.59 Å². The lowest BCUT2D eigenvalue weighted by atomic mass is 10.1. The largest absolute Gasteiger partial charge is 1.00 e. The number of esters is 1. The van der Waals surface area contributed by atoms with Crippen LogP contribution in [0.3, 0.4) is 0 Å². The number of carbonyl (C=O) groups is 2. The molecule has 124 valence electrons. The van der Waals surface area contributed by atoms with Crippen LogP contribution in [0, 0.1) is 10.8 Å². The molecule has 1 aliphatic rings. The van der Waals surface area contributed by atoms with Gasteiger partial charge in [0.1, 0.15) is 19.2 Å². The van der Waals surface area contributed by atoms with E-state index in [1.165, 1.54) is 0 Å². The van der Waals surface area contributed by atoms with E-state index >= 15 is 0 Å². The SMILES string of the molecule is CN1CC=C[C+](C(=O)OCCNC(=O)N(CCCl)N=O)C1.[I-]. The van der Waals surface area contributed by atoms with Gasteiger partial charge in [0.25, 0.3) is 0 Å². The number of urea groups is 1. The molecule has 0 fully saturated rings. The van der Waals surface area contributed by atoms with Gasteiger partial charge in [-0.1, -0.05) is 0 Å². The standard InChI is InChI=1S/C12H17ClN4O4.HI/c1-16-6-2-3-10(9-16)11(18)21-8-5-14-12(19)17(15-20)7-4-13;/h2-3H,4-9H2,1H3;1H. The summed E-state index contributed by atoms with van der Waals surface area (Å²) in [6.07, 6.45) is 3.61. The van der Waals surface area contributed by atoms with Crippen LogP contribution in [0.4, 0.5) is 4.79 Å². The van der Waals surface area contributed by atoms with Crippen molar-refractivity contribution in [1.29, 1.82) is 0 Å². The van der Waals surface area contributed by atoms with E-state index in [9.17, 15) is 14.5 Å². The number of nitroso groups, excluding NO2 is 1. The maximum absolute atomic E-state index is 11.7. The van der Waals surface area contributed by atoms with Crippen LogP contribution in [0.25, 0.3) is 0 Å². The van der Waals surface area contributed by atoms with Crippen molar-refractivity contribution < 1.29 is 38.3 Å². The minimum absolute atomic E-state index is 0. The number of carbonyl (C=O) groups excluding carboxylic acids is 2. The van der Waals surface area contributed by atoms with Crippen LogP contribution in [-0.2, 0) is 9.53 Å². The minimum atomic E-state index is -0.674. The molecular weight excluding hydrogens is 427 g/mol. The predicted octanol–water partition coefficient (Wildman–Crippen LogP) is -2.46. The molecule has 0 atom stereocenters. The zero-order valence-corrected chi connectivity index (χ0v) is 15.0. The van der Waals surface area contributed by atoms with Crippen LogP contribution in [0.2, 0.25) is 0 Å². The number of amides is 2. The first-order chi connectivity index (χ1) is 10.1. The second-order valence-electron chi connectivity index (χ2n) is 4.39. The summed E-state index contributed by atoms with van der Waals surface area (Å²) < 4.78 is 5.03. The lowest BCUT2D eigenvalue weighted by Crippen LogP contribution is -3.00. The monoisotopic (exact) mass is 444 g/mol. The van der Waals surface area contributed by atoms with E-state index in [0.29, 0.717) is 17.5 Å². The molecule has 0 aromatic heterocycles. The molecule has 0 spiro atoms. The second kappa shape index (κ2) is 11.5. The highest BCUT2D eigenvalue weighted by atomic mass is 127. The van der Waals surface area contributed by atoms with Crippen LogP contribution in [0.15, 0.2) is 17.4 Å². The lowest BCUT2D eigenvalue weighted by Gasteiger charge is -2.17. The number of hydrogen-bond acceptors (Lipinski definition) is 6. The number of nitrogens with one attached hydrogen (secondary N) is 1. The quantitative estimate of drug-likeness (QED) is 0.0895. The summed E-state index contributed by atoms with van der Waals surface area (Å²) in [6.45, 7) is 1.44. The van der Waals surface area contributed by atoms with Crippen molar-refractivity contribution in [1.82, 2.24) is 15.2 Å². The Bertz CT molecular complexity index is 411. The number of rotatable bonds is 7. The zero-order valence-electron chi connectivity index (χ0n) is 12.1. The zero-order chi connectivity index (χ0) is 15.7. The highest BCUT2D eigenvalue weighted by Gasteiger charge is 2.30. The van der Waals surface area contributed by atoms with Crippen molar-refractivity contribution >= 4 is 23.6 Å². The minimum Gasteiger partial charge on any atom is -1.00 e. The molecular formula is C12H18ClIN4O4. The summed E-state index contributed by atoms with van der Waals surface area (Å²) in [6, 6.07) is -0.674. The van der Waals surface area contributed by atoms with Gasteiger partial charge in [-0.05, 0) is 7.05 Å². The Morgan fingerprint density at radius 2 is 2.27 bits per heavy atom. The van der Waals surface area contributed by atoms with Crippen molar-refractivity contribution in [3.05, 3.63) is 23.0 Å². The van der Waals surface area contributed by atoms with E-state index < -0.39 is 12.0 Å². The molecule has 8 nitrogen and oxygen atoms in total. The predicted molar refractivity (Wildman–Crippen MR) is 77.5 cm³/mol. The van der Waals surface area contributed by atoms with E-state index in [4.69, 9.17) is 16.3 Å². The van der Waals surface area contributed by atoms with Gasteiger partial charge < -0.3 is 34.0 Å². The molecule has 0 saturated heterocycles. The number of hydrogen-bond donors (Lipinski definition) is 1. The van der Waals surface area contributed by atoms with Gasteiger partial charge in [0.2, 0.25) is 0 Å². The molecule has 0 saturated carbocycles. The van der Waals surface area contributed by atoms with Crippen LogP contribution in [0.5, 0.6) is 0 Å². The highest BCUT2D eigenvalue weighted by Crippen LogP contribution is 2.11. The number of likely N-dealkylation sites (N-methyl/N-ethyl adjacent to an activating group) is 1. The fourth-order valence-electron chi connectivity index (χ4n) is 1.66. The molecule has 2 amide bonds. The smallest absolute Gasteiger partial charge is 0.420 e. The highest BCUT2D eigenvalue weighted by molar-refractivity contribution is 6.18. The number of ether oxygens (including phenoxy) is 1. The topological polar surface area (TPSA) is 91.3 Å². The third kappa shape index (κ3) is 7.27. The normalized spacial score (nSPS) is 14.0. The van der Waals surface area contributed by atoms with E-state index in [-0.39, 0.29) is 49.6 Å². The molecule has 1 rings (SSSR count). The summed E-state index contributed by atoms with van der Waals surface area (Å²) in [5.74, 6) is 0.248. The lowest BCUT2D eigenvalue weighted by molar-refractivity contribution is -0.141. The summed E-state index contributed by atoms with van der Waals surface area (Å²) in [4.78, 5) is 35.5. The number of alkyl halides is 1. The van der Waals surface area contributed by atoms with Crippen molar-refractivity contribution in [2.24, 2.45) is 5.29 Å². The van der Waals surface area contributed by atoms with Gasteiger partial charge in [0.05, 0.1) is 31.0 Å². The Labute approximate surface area is 151 Å². The molecule has 0 aliphatic carbocycles. The fourth-order valence-corrected chi connectivity index (χ4v) is 1.82. The van der Waals surface area contributed by atoms with Crippen LogP contribution >= 0.6 is 11.6 Å². The van der Waals surface area contributed by atoms with E-state index in [2.05, 4.69) is 10.6 Å². The molecule has 0 radical (unpaired) electrons. The Kier molecular flexibility index (Phi) is 10.9. The van der Waals surface area contributed by atoms with Gasteiger partial charge in [-0.2, -0.15) is 5.01 Å². The first kappa shape index (κ1) is 20.9. The number of halogens is 2.